The van der Waals surface area contributed by atoms with Crippen LogP contribution in [0.4, 0.5) is 14.5 Å². The lowest BCUT2D eigenvalue weighted by molar-refractivity contribution is -0.118. The van der Waals surface area contributed by atoms with Crippen LogP contribution in [-0.4, -0.2) is 34.7 Å². The van der Waals surface area contributed by atoms with E-state index >= 15 is 0 Å². The Bertz CT molecular complexity index is 1340. The van der Waals surface area contributed by atoms with Crippen LogP contribution >= 0.6 is 0 Å². The van der Waals surface area contributed by atoms with Gasteiger partial charge in [-0.15, -0.1) is 0 Å². The normalized spacial score (nSPS) is 19.7. The summed E-state index contributed by atoms with van der Waals surface area (Å²) in [5.74, 6) is -0.605. The maximum absolute atomic E-state index is 14.5. The zero-order valence-corrected chi connectivity index (χ0v) is 19.3. The zero-order chi connectivity index (χ0) is 24.5. The average Bonchev–Trinajstić information content (AvgIpc) is 2.85. The van der Waals surface area contributed by atoms with E-state index in [9.17, 15) is 18.4 Å². The molecule has 1 aliphatic carbocycles. The number of rotatable bonds is 6. The lowest BCUT2D eigenvalue weighted by Gasteiger charge is -2.29. The summed E-state index contributed by atoms with van der Waals surface area (Å²) < 4.78 is 41.4. The number of ether oxygens (including phenoxy) is 2. The summed E-state index contributed by atoms with van der Waals surface area (Å²) >= 11 is 0. The molecule has 184 valence electrons. The minimum Gasteiger partial charge on any atom is -0.488 e. The standard InChI is InChI=1S/C25H26F2N4O4/c1-31-23(33)7-6-19-24(31)25(18(27)11-29-19)35-12-14-2-4-16(5-3-14)28-10-15-8-20-21(9-17(15)26)34-13-22(32)30-20/h6-9,11,14,16,28H,2-5,10,12-13H2,1H3,(H,30,32). The third kappa shape index (κ3) is 4.84. The van der Waals surface area contributed by atoms with E-state index in [1.807, 2.05) is 0 Å². The number of aryl methyl sites for hydroxylation is 1. The molecule has 0 radical (unpaired) electrons. The Morgan fingerprint density at radius 2 is 1.97 bits per heavy atom. The molecule has 35 heavy (non-hydrogen) atoms. The van der Waals surface area contributed by atoms with Crippen molar-refractivity contribution in [3.63, 3.8) is 0 Å². The van der Waals surface area contributed by atoms with Gasteiger partial charge in [-0.1, -0.05) is 0 Å². The summed E-state index contributed by atoms with van der Waals surface area (Å²) in [5.41, 5.74) is 1.53. The molecule has 0 spiro atoms. The maximum atomic E-state index is 14.5. The van der Waals surface area contributed by atoms with Crippen molar-refractivity contribution in [3.05, 3.63) is 58.0 Å². The molecule has 1 aromatic carbocycles. The van der Waals surface area contributed by atoms with Gasteiger partial charge < -0.3 is 24.7 Å². The first kappa shape index (κ1) is 23.2. The van der Waals surface area contributed by atoms with E-state index in [2.05, 4.69) is 15.6 Å². The third-order valence-corrected chi connectivity index (χ3v) is 6.71. The first-order valence-corrected chi connectivity index (χ1v) is 11.6. The Morgan fingerprint density at radius 3 is 2.77 bits per heavy atom. The second-order valence-corrected chi connectivity index (χ2v) is 9.09. The lowest BCUT2D eigenvalue weighted by Crippen LogP contribution is -2.34. The second-order valence-electron chi connectivity index (χ2n) is 9.09. The van der Waals surface area contributed by atoms with Gasteiger partial charge in [0.15, 0.2) is 18.2 Å². The molecular formula is C25H26F2N4O4. The molecule has 0 bridgehead atoms. The molecule has 1 saturated carbocycles. The number of carbonyl (C=O) groups excluding carboxylic acids is 1. The van der Waals surface area contributed by atoms with Gasteiger partial charge in [-0.05, 0) is 43.7 Å². The predicted octanol–water partition coefficient (Wildman–Crippen LogP) is 3.27. The fourth-order valence-corrected chi connectivity index (χ4v) is 4.70. The highest BCUT2D eigenvalue weighted by atomic mass is 19.1. The number of benzene rings is 1. The van der Waals surface area contributed by atoms with E-state index in [0.29, 0.717) is 41.2 Å². The molecule has 1 amide bonds. The Morgan fingerprint density at radius 1 is 1.17 bits per heavy atom. The van der Waals surface area contributed by atoms with Crippen LogP contribution in [0.25, 0.3) is 11.0 Å². The van der Waals surface area contributed by atoms with Crippen molar-refractivity contribution in [3.8, 4) is 11.5 Å². The van der Waals surface area contributed by atoms with Gasteiger partial charge in [0.05, 0.1) is 24.0 Å². The molecule has 10 heteroatoms. The van der Waals surface area contributed by atoms with Crippen molar-refractivity contribution in [1.29, 1.82) is 0 Å². The highest BCUT2D eigenvalue weighted by Crippen LogP contribution is 2.32. The van der Waals surface area contributed by atoms with Crippen LogP contribution in [-0.2, 0) is 18.4 Å². The molecule has 0 unspecified atom stereocenters. The first-order chi connectivity index (χ1) is 16.9. The molecule has 3 heterocycles. The highest BCUT2D eigenvalue weighted by molar-refractivity contribution is 5.95. The summed E-state index contributed by atoms with van der Waals surface area (Å²) in [6.07, 6.45) is 4.60. The largest absolute Gasteiger partial charge is 0.488 e. The maximum Gasteiger partial charge on any atom is 0.262 e. The number of pyridine rings is 2. The average molecular weight is 485 g/mol. The van der Waals surface area contributed by atoms with Gasteiger partial charge in [-0.2, -0.15) is 0 Å². The number of nitrogens with one attached hydrogen (secondary N) is 2. The van der Waals surface area contributed by atoms with E-state index in [1.165, 1.54) is 16.7 Å². The Labute approximate surface area is 200 Å². The van der Waals surface area contributed by atoms with Crippen LogP contribution in [0.1, 0.15) is 31.2 Å². The number of halogens is 2. The molecule has 1 fully saturated rings. The van der Waals surface area contributed by atoms with Crippen LogP contribution in [0.5, 0.6) is 11.5 Å². The van der Waals surface area contributed by atoms with Gasteiger partial charge in [0, 0.05) is 37.3 Å². The summed E-state index contributed by atoms with van der Waals surface area (Å²) in [6, 6.07) is 6.08. The minimum absolute atomic E-state index is 0.0504. The smallest absolute Gasteiger partial charge is 0.262 e. The second kappa shape index (κ2) is 9.61. The molecule has 0 saturated heterocycles. The number of carbonyl (C=O) groups is 1. The SMILES string of the molecule is Cn1c(=O)ccc2ncc(F)c(OCC3CCC(NCc4cc5c(cc4F)OCC(=O)N5)CC3)c21. The summed E-state index contributed by atoms with van der Waals surface area (Å²) in [5, 5.41) is 6.10. The van der Waals surface area contributed by atoms with Crippen LogP contribution < -0.4 is 25.7 Å². The van der Waals surface area contributed by atoms with E-state index in [0.717, 1.165) is 31.9 Å². The topological polar surface area (TPSA) is 94.5 Å². The van der Waals surface area contributed by atoms with Crippen molar-refractivity contribution in [2.45, 2.75) is 38.3 Å². The molecule has 0 atom stereocenters. The monoisotopic (exact) mass is 484 g/mol. The zero-order valence-electron chi connectivity index (χ0n) is 19.3. The third-order valence-electron chi connectivity index (χ3n) is 6.71. The number of fused-ring (bicyclic) bond motifs is 2. The van der Waals surface area contributed by atoms with Crippen LogP contribution in [0.15, 0.2) is 35.3 Å². The van der Waals surface area contributed by atoms with E-state index in [-0.39, 0.29) is 41.6 Å². The number of hydrogen-bond acceptors (Lipinski definition) is 6. The lowest BCUT2D eigenvalue weighted by atomic mass is 9.86. The van der Waals surface area contributed by atoms with Crippen molar-refractivity contribution in [2.75, 3.05) is 18.5 Å². The van der Waals surface area contributed by atoms with Gasteiger partial charge in [0.2, 0.25) is 0 Å². The molecule has 2 N–H and O–H groups in total. The summed E-state index contributed by atoms with van der Waals surface area (Å²) in [7, 11) is 1.57. The summed E-state index contributed by atoms with van der Waals surface area (Å²) in [4.78, 5) is 27.6. The minimum atomic E-state index is -0.595. The quantitative estimate of drug-likeness (QED) is 0.558. The highest BCUT2D eigenvalue weighted by Gasteiger charge is 2.24. The van der Waals surface area contributed by atoms with Crippen molar-refractivity contribution >= 4 is 22.6 Å². The predicted molar refractivity (Wildman–Crippen MR) is 126 cm³/mol. The van der Waals surface area contributed by atoms with E-state index in [4.69, 9.17) is 9.47 Å². The molecule has 3 aromatic rings. The van der Waals surface area contributed by atoms with E-state index < -0.39 is 5.82 Å². The Kier molecular flexibility index (Phi) is 6.38. The fraction of sp³-hybridized carbons (Fsp3) is 0.400. The molecular weight excluding hydrogens is 458 g/mol. The van der Waals surface area contributed by atoms with Gasteiger partial charge in [0.1, 0.15) is 17.1 Å². The number of aromatic nitrogens is 2. The first-order valence-electron chi connectivity index (χ1n) is 11.6. The van der Waals surface area contributed by atoms with Gasteiger partial charge in [0.25, 0.3) is 11.5 Å². The summed E-state index contributed by atoms with van der Waals surface area (Å²) in [6.45, 7) is 0.563. The number of hydrogen-bond donors (Lipinski definition) is 2. The number of amides is 1. The molecule has 1 aliphatic heterocycles. The Balaban J connectivity index is 1.16. The van der Waals surface area contributed by atoms with E-state index in [1.54, 1.807) is 19.2 Å². The molecule has 2 aromatic heterocycles. The fourth-order valence-electron chi connectivity index (χ4n) is 4.70. The van der Waals surface area contributed by atoms with Crippen LogP contribution in [0, 0.1) is 17.6 Å². The van der Waals surface area contributed by atoms with Gasteiger partial charge in [-0.25, -0.2) is 8.78 Å². The van der Waals surface area contributed by atoms with Crippen molar-refractivity contribution in [2.24, 2.45) is 13.0 Å². The van der Waals surface area contributed by atoms with Crippen LogP contribution in [0.2, 0.25) is 0 Å². The van der Waals surface area contributed by atoms with Crippen molar-refractivity contribution in [1.82, 2.24) is 14.9 Å². The van der Waals surface area contributed by atoms with Gasteiger partial charge in [-0.3, -0.25) is 14.6 Å². The van der Waals surface area contributed by atoms with Crippen LogP contribution in [0.3, 0.4) is 0 Å². The molecule has 5 rings (SSSR count). The number of anilines is 1. The van der Waals surface area contributed by atoms with Crippen molar-refractivity contribution < 1.29 is 23.0 Å². The number of nitrogens with zero attached hydrogens (tertiary/aromatic N) is 2. The molecule has 2 aliphatic rings. The Hall–Kier alpha value is -3.53. The van der Waals surface area contributed by atoms with Gasteiger partial charge >= 0.3 is 0 Å². The molecule has 8 nitrogen and oxygen atoms in total.